The number of halogens is 1. The van der Waals surface area contributed by atoms with Crippen molar-refractivity contribution in [1.82, 2.24) is 4.98 Å². The molecule has 4 saturated carbocycles. The second-order valence-corrected chi connectivity index (χ2v) is 7.15. The van der Waals surface area contributed by atoms with E-state index in [2.05, 4.69) is 11.1 Å². The first kappa shape index (κ1) is 11.1. The number of rotatable bonds is 1. The van der Waals surface area contributed by atoms with E-state index in [0.29, 0.717) is 5.02 Å². The van der Waals surface area contributed by atoms with Crippen LogP contribution >= 0.6 is 11.6 Å². The van der Waals surface area contributed by atoms with Crippen LogP contribution in [-0.4, -0.2) is 4.98 Å². The fraction of sp³-hybridized carbons (Fsp3) is 0.667. The summed E-state index contributed by atoms with van der Waals surface area (Å²) in [6, 6.07) is 3.82. The van der Waals surface area contributed by atoms with Crippen molar-refractivity contribution in [2.45, 2.75) is 43.9 Å². The Hall–Kier alpha value is -0.760. The third kappa shape index (κ3) is 1.51. The van der Waals surface area contributed by atoms with E-state index >= 15 is 0 Å². The van der Waals surface area contributed by atoms with E-state index in [9.17, 15) is 4.79 Å². The Balaban J connectivity index is 1.79. The quantitative estimate of drug-likeness (QED) is 0.827. The number of nitrogens with one attached hydrogen (secondary N) is 1. The van der Waals surface area contributed by atoms with Gasteiger partial charge >= 0.3 is 0 Å². The minimum atomic E-state index is -0.120. The van der Waals surface area contributed by atoms with Crippen LogP contribution in [0.2, 0.25) is 5.02 Å². The molecular formula is C15H18ClNO. The number of H-pyrrole nitrogens is 1. The summed E-state index contributed by atoms with van der Waals surface area (Å²) >= 11 is 5.84. The second kappa shape index (κ2) is 3.63. The number of aromatic nitrogens is 1. The van der Waals surface area contributed by atoms with Crippen LogP contribution in [0.15, 0.2) is 16.9 Å². The van der Waals surface area contributed by atoms with Crippen molar-refractivity contribution < 1.29 is 0 Å². The van der Waals surface area contributed by atoms with Crippen LogP contribution in [0.5, 0.6) is 0 Å². The Kier molecular flexibility index (Phi) is 2.24. The summed E-state index contributed by atoms with van der Waals surface area (Å²) in [5.41, 5.74) is 1.29. The van der Waals surface area contributed by atoms with Gasteiger partial charge < -0.3 is 4.98 Å². The topological polar surface area (TPSA) is 32.9 Å². The first-order valence-electron chi connectivity index (χ1n) is 7.04. The predicted octanol–water partition coefficient (Wildman–Crippen LogP) is 3.50. The molecule has 3 heteroatoms. The van der Waals surface area contributed by atoms with Crippen molar-refractivity contribution in [3.63, 3.8) is 0 Å². The number of hydrogen-bond acceptors (Lipinski definition) is 1. The molecule has 18 heavy (non-hydrogen) atoms. The van der Waals surface area contributed by atoms with Crippen LogP contribution in [0.1, 0.15) is 44.2 Å². The third-order valence-corrected chi connectivity index (χ3v) is 5.77. The number of hydrogen-bond donors (Lipinski definition) is 1. The lowest BCUT2D eigenvalue weighted by molar-refractivity contribution is -0.00728. The van der Waals surface area contributed by atoms with Gasteiger partial charge in [-0.05, 0) is 68.4 Å². The Morgan fingerprint density at radius 1 is 1.06 bits per heavy atom. The van der Waals surface area contributed by atoms with Crippen molar-refractivity contribution in [1.29, 1.82) is 0 Å². The monoisotopic (exact) mass is 263 g/mol. The van der Waals surface area contributed by atoms with Gasteiger partial charge in [-0.15, -0.1) is 0 Å². The summed E-state index contributed by atoms with van der Waals surface area (Å²) < 4.78 is 0. The summed E-state index contributed by atoms with van der Waals surface area (Å²) in [5, 5.41) is 0.309. The minimum Gasteiger partial charge on any atom is -0.324 e. The van der Waals surface area contributed by atoms with Crippen LogP contribution < -0.4 is 5.56 Å². The van der Waals surface area contributed by atoms with Gasteiger partial charge in [0.1, 0.15) is 5.02 Å². The maximum atomic E-state index is 11.7. The van der Waals surface area contributed by atoms with E-state index < -0.39 is 0 Å². The fourth-order valence-electron chi connectivity index (χ4n) is 5.21. The molecule has 0 radical (unpaired) electrons. The normalized spacial score (nSPS) is 41.3. The summed E-state index contributed by atoms with van der Waals surface area (Å²) in [7, 11) is 0. The zero-order valence-corrected chi connectivity index (χ0v) is 11.2. The zero-order chi connectivity index (χ0) is 12.3. The van der Waals surface area contributed by atoms with Crippen LogP contribution in [0.25, 0.3) is 0 Å². The summed E-state index contributed by atoms with van der Waals surface area (Å²) in [5.74, 6) is 2.70. The molecular weight excluding hydrogens is 246 g/mol. The van der Waals surface area contributed by atoms with E-state index in [4.69, 9.17) is 11.6 Å². The molecule has 5 rings (SSSR count). The Morgan fingerprint density at radius 3 is 2.11 bits per heavy atom. The van der Waals surface area contributed by atoms with E-state index in [1.165, 1.54) is 38.5 Å². The molecule has 4 fully saturated rings. The molecule has 2 nitrogen and oxygen atoms in total. The highest BCUT2D eigenvalue weighted by molar-refractivity contribution is 6.30. The van der Waals surface area contributed by atoms with Gasteiger partial charge in [-0.2, -0.15) is 0 Å². The van der Waals surface area contributed by atoms with Gasteiger partial charge in [0.2, 0.25) is 0 Å². The standard InChI is InChI=1S/C15H18ClNO/c16-12-1-2-13(17-14(12)18)15-6-9-3-10(7-15)5-11(4-9)8-15/h1-2,9-11H,3-8H2,(H,17,18). The molecule has 1 N–H and O–H groups in total. The van der Waals surface area contributed by atoms with Crippen molar-refractivity contribution >= 4 is 11.6 Å². The molecule has 0 amide bonds. The molecule has 4 bridgehead atoms. The maximum absolute atomic E-state index is 11.7. The highest BCUT2D eigenvalue weighted by Crippen LogP contribution is 2.60. The SMILES string of the molecule is O=c1[nH]c(C23CC4CC(CC(C4)C2)C3)ccc1Cl. The van der Waals surface area contributed by atoms with Gasteiger partial charge in [0.05, 0.1) is 0 Å². The molecule has 4 aliphatic carbocycles. The zero-order valence-electron chi connectivity index (χ0n) is 10.4. The van der Waals surface area contributed by atoms with Crippen LogP contribution in [0.4, 0.5) is 0 Å². The van der Waals surface area contributed by atoms with Gasteiger partial charge in [-0.25, -0.2) is 0 Å². The molecule has 0 unspecified atom stereocenters. The second-order valence-electron chi connectivity index (χ2n) is 6.75. The smallest absolute Gasteiger partial charge is 0.266 e. The van der Waals surface area contributed by atoms with Gasteiger partial charge in [-0.3, -0.25) is 4.79 Å². The first-order chi connectivity index (χ1) is 8.64. The fourth-order valence-corrected chi connectivity index (χ4v) is 5.32. The molecule has 0 aliphatic heterocycles. The maximum Gasteiger partial charge on any atom is 0.266 e. The predicted molar refractivity (Wildman–Crippen MR) is 71.9 cm³/mol. The molecule has 1 aromatic rings. The average Bonchev–Trinajstić information content (AvgIpc) is 2.31. The molecule has 0 aromatic carbocycles. The van der Waals surface area contributed by atoms with Crippen LogP contribution in [0, 0.1) is 17.8 Å². The molecule has 0 saturated heterocycles. The van der Waals surface area contributed by atoms with Crippen LogP contribution in [-0.2, 0) is 5.41 Å². The lowest BCUT2D eigenvalue weighted by Crippen LogP contribution is -2.49. The summed E-state index contributed by atoms with van der Waals surface area (Å²) in [4.78, 5) is 14.8. The van der Waals surface area contributed by atoms with Gasteiger partial charge in [0.25, 0.3) is 5.56 Å². The van der Waals surface area contributed by atoms with E-state index in [-0.39, 0.29) is 11.0 Å². The Morgan fingerprint density at radius 2 is 1.61 bits per heavy atom. The molecule has 1 heterocycles. The Labute approximate surface area is 112 Å². The summed E-state index contributed by atoms with van der Waals surface area (Å²) in [6.45, 7) is 0. The van der Waals surface area contributed by atoms with Gasteiger partial charge in [-0.1, -0.05) is 11.6 Å². The highest BCUT2D eigenvalue weighted by Gasteiger charge is 2.52. The van der Waals surface area contributed by atoms with E-state index in [0.717, 1.165) is 23.4 Å². The number of pyridine rings is 1. The molecule has 4 aliphatic rings. The number of aromatic amines is 1. The molecule has 96 valence electrons. The van der Waals surface area contributed by atoms with Crippen LogP contribution in [0.3, 0.4) is 0 Å². The molecule has 0 spiro atoms. The highest BCUT2D eigenvalue weighted by atomic mass is 35.5. The van der Waals surface area contributed by atoms with Crippen molar-refractivity contribution in [3.05, 3.63) is 33.2 Å². The van der Waals surface area contributed by atoms with Crippen molar-refractivity contribution in [2.24, 2.45) is 17.8 Å². The molecule has 1 aromatic heterocycles. The third-order valence-electron chi connectivity index (χ3n) is 5.47. The minimum absolute atomic E-state index is 0.120. The van der Waals surface area contributed by atoms with E-state index in [1.54, 1.807) is 6.07 Å². The van der Waals surface area contributed by atoms with Gasteiger partial charge in [0, 0.05) is 11.1 Å². The first-order valence-corrected chi connectivity index (χ1v) is 7.42. The largest absolute Gasteiger partial charge is 0.324 e. The lowest BCUT2D eigenvalue weighted by Gasteiger charge is -2.56. The van der Waals surface area contributed by atoms with Crippen molar-refractivity contribution in [2.75, 3.05) is 0 Å². The average molecular weight is 264 g/mol. The lowest BCUT2D eigenvalue weighted by atomic mass is 9.49. The van der Waals surface area contributed by atoms with E-state index in [1.807, 2.05) is 0 Å². The van der Waals surface area contributed by atoms with Gasteiger partial charge in [0.15, 0.2) is 0 Å². The Bertz CT molecular complexity index is 512. The summed E-state index contributed by atoms with van der Waals surface area (Å²) in [6.07, 6.45) is 8.11. The molecule has 0 atom stereocenters. The van der Waals surface area contributed by atoms with Crippen molar-refractivity contribution in [3.8, 4) is 0 Å².